The van der Waals surface area contributed by atoms with Crippen LogP contribution in [0.3, 0.4) is 0 Å². The summed E-state index contributed by atoms with van der Waals surface area (Å²) in [5.74, 6) is 0.807. The minimum Gasteiger partial charge on any atom is -0.508 e. The summed E-state index contributed by atoms with van der Waals surface area (Å²) in [6.45, 7) is 15.7. The normalized spacial score (nSPS) is 24.2. The number of fused-ring (bicyclic) bond motifs is 5. The minimum absolute atomic E-state index is 0.00437. The van der Waals surface area contributed by atoms with Crippen LogP contribution < -0.4 is 20.3 Å². The number of rotatable bonds is 15. The zero-order valence-electron chi connectivity index (χ0n) is 47.5. The number of halogens is 2. The Morgan fingerprint density at radius 3 is 2.55 bits per heavy atom. The molecule has 6 saturated heterocycles. The molecule has 4 aromatic heterocycles. The van der Waals surface area contributed by atoms with Gasteiger partial charge in [0.15, 0.2) is 5.82 Å². The van der Waals surface area contributed by atoms with Crippen molar-refractivity contribution in [1.82, 2.24) is 60.3 Å². The predicted molar refractivity (Wildman–Crippen MR) is 316 cm³/mol. The maximum Gasteiger partial charge on any atom is 0.319 e. The van der Waals surface area contributed by atoms with E-state index >= 15 is 8.78 Å². The molecule has 6 fully saturated rings. The number of thiazole rings is 1. The molecule has 7 atom stereocenters. The van der Waals surface area contributed by atoms with Gasteiger partial charge in [-0.3, -0.25) is 19.5 Å². The quantitative estimate of drug-likeness (QED) is 0.0575. The number of ether oxygens (including phenoxy) is 1. The third-order valence-electron chi connectivity index (χ3n) is 18.5. The van der Waals surface area contributed by atoms with Gasteiger partial charge in [-0.15, -0.1) is 22.9 Å². The van der Waals surface area contributed by atoms with E-state index in [0.29, 0.717) is 29.7 Å². The summed E-state index contributed by atoms with van der Waals surface area (Å²) >= 11 is 1.59. The summed E-state index contributed by atoms with van der Waals surface area (Å²) in [5, 5.41) is 38.6. The number of phenolic OH excluding ortho intramolecular Hbond substituents is 1. The number of nitrogens with one attached hydrogen (secondary N) is 2. The maximum atomic E-state index is 17.4. The van der Waals surface area contributed by atoms with Crippen LogP contribution in [-0.2, 0) is 16.1 Å². The number of aromatic hydroxyl groups is 1. The van der Waals surface area contributed by atoms with Gasteiger partial charge >= 0.3 is 6.01 Å². The first-order chi connectivity index (χ1) is 40.6. The van der Waals surface area contributed by atoms with Gasteiger partial charge in [0.05, 0.1) is 44.4 Å². The highest BCUT2D eigenvalue weighted by molar-refractivity contribution is 7.13. The molecule has 436 valence electrons. The maximum absolute atomic E-state index is 17.4. The third-order valence-corrected chi connectivity index (χ3v) is 19.5. The fraction of sp³-hybridized carbons (Fsp3) is 0.460. The molecule has 4 N–H and O–H groups in total. The molecular weight excluding hydrogens is 1090 g/mol. The van der Waals surface area contributed by atoms with Gasteiger partial charge in [-0.25, -0.2) is 18.4 Å². The summed E-state index contributed by atoms with van der Waals surface area (Å²) in [6, 6.07) is 12.8. The lowest BCUT2D eigenvalue weighted by molar-refractivity contribution is -0.142. The molecule has 0 saturated carbocycles. The van der Waals surface area contributed by atoms with E-state index in [2.05, 4.69) is 58.1 Å². The van der Waals surface area contributed by atoms with Gasteiger partial charge < -0.3 is 40.3 Å². The second-order valence-electron chi connectivity index (χ2n) is 24.4. The van der Waals surface area contributed by atoms with E-state index in [0.717, 1.165) is 104 Å². The van der Waals surface area contributed by atoms with Crippen LogP contribution in [0.25, 0.3) is 43.4 Å². The Hall–Kier alpha value is -7.48. The van der Waals surface area contributed by atoms with Crippen molar-refractivity contribution in [2.45, 2.75) is 126 Å². The highest BCUT2D eigenvalue weighted by Crippen LogP contribution is 2.46. The summed E-state index contributed by atoms with van der Waals surface area (Å²) in [7, 11) is 0. The summed E-state index contributed by atoms with van der Waals surface area (Å²) in [5.41, 5.74) is 6.36. The van der Waals surface area contributed by atoms with E-state index in [1.54, 1.807) is 22.2 Å². The smallest absolute Gasteiger partial charge is 0.319 e. The molecule has 6 aliphatic heterocycles. The van der Waals surface area contributed by atoms with Crippen molar-refractivity contribution in [1.29, 1.82) is 0 Å². The lowest BCUT2D eigenvalue weighted by Crippen LogP contribution is -2.51. The minimum atomic E-state index is -0.827. The number of nitrogens with zero attached hydrogens (tertiary/aromatic N) is 11. The SMILES string of the molecule is C#Cc1c(F)ccc2cc(O)cc(-c3ncc4c(N5CC6CCC(C5)N6)nc(OC[C@@]56CC[C@@H](CN7CCC(c8cn([C@H](C(=O)N9C[C@H](O)C[C@H]9C(=O)NCc9ccc(-c%10scnc%10C)cc9)C(C)C)nn8)CC7)N5CC(=C)C6)nc4c3F)c12. The fourth-order valence-electron chi connectivity index (χ4n) is 14.4. The zero-order chi connectivity index (χ0) is 58.1. The number of piperidine rings is 1. The first kappa shape index (κ1) is 55.7. The molecule has 13 rings (SSSR count). The number of phenols is 1. The number of aromatic nitrogens is 7. The number of pyridine rings is 1. The summed E-state index contributed by atoms with van der Waals surface area (Å²) < 4.78 is 40.9. The lowest BCUT2D eigenvalue weighted by atomic mass is 9.93. The van der Waals surface area contributed by atoms with Crippen LogP contribution in [0.4, 0.5) is 14.6 Å². The van der Waals surface area contributed by atoms with Gasteiger partial charge in [-0.05, 0) is 106 Å². The number of likely N-dealkylation sites (tertiary alicyclic amines) is 2. The van der Waals surface area contributed by atoms with Crippen molar-refractivity contribution in [2.75, 3.05) is 57.3 Å². The molecule has 3 aromatic carbocycles. The van der Waals surface area contributed by atoms with Crippen LogP contribution in [0.2, 0.25) is 0 Å². The van der Waals surface area contributed by atoms with E-state index in [-0.39, 0.29) is 113 Å². The van der Waals surface area contributed by atoms with Crippen molar-refractivity contribution in [2.24, 2.45) is 5.92 Å². The summed E-state index contributed by atoms with van der Waals surface area (Å²) in [6.07, 6.45) is 15.0. The average Bonchev–Trinajstić information content (AvgIpc) is 2.35. The predicted octanol–water partition coefficient (Wildman–Crippen LogP) is 7.67. The van der Waals surface area contributed by atoms with E-state index < -0.39 is 29.8 Å². The Morgan fingerprint density at radius 1 is 1.02 bits per heavy atom. The molecule has 0 aliphatic carbocycles. The van der Waals surface area contributed by atoms with Gasteiger partial charge in [0.1, 0.15) is 47.3 Å². The topological polar surface area (TPSA) is 203 Å². The number of benzene rings is 3. The molecule has 10 heterocycles. The van der Waals surface area contributed by atoms with Gasteiger partial charge in [0.2, 0.25) is 11.8 Å². The van der Waals surface area contributed by atoms with Crippen LogP contribution >= 0.6 is 11.3 Å². The molecular formula is C63H69F2N13O5S. The first-order valence-corrected chi connectivity index (χ1v) is 30.2. The third kappa shape index (κ3) is 10.4. The van der Waals surface area contributed by atoms with Crippen LogP contribution in [-0.4, -0.2) is 160 Å². The van der Waals surface area contributed by atoms with Gasteiger partial charge in [-0.2, -0.15) is 9.97 Å². The van der Waals surface area contributed by atoms with Crippen molar-refractivity contribution in [3.8, 4) is 45.8 Å². The lowest BCUT2D eigenvalue weighted by Gasteiger charge is -2.38. The first-order valence-electron chi connectivity index (χ1n) is 29.4. The van der Waals surface area contributed by atoms with E-state index in [1.165, 1.54) is 29.2 Å². The highest BCUT2D eigenvalue weighted by atomic mass is 32.1. The van der Waals surface area contributed by atoms with E-state index in [4.69, 9.17) is 21.1 Å². The number of hydrogen-bond donors (Lipinski definition) is 4. The second-order valence-corrected chi connectivity index (χ2v) is 25.3. The van der Waals surface area contributed by atoms with E-state index in [1.807, 2.05) is 56.7 Å². The number of β-amino-alcohol motifs (C(OH)–C–C–N with tert-alkyl or cyclic N) is 1. The number of carbonyl (C=O) groups is 2. The van der Waals surface area contributed by atoms with Crippen molar-refractivity contribution >= 4 is 50.6 Å². The zero-order valence-corrected chi connectivity index (χ0v) is 48.3. The number of terminal acetylenes is 1. The average molecular weight is 1160 g/mol. The Labute approximate surface area is 490 Å². The fourth-order valence-corrected chi connectivity index (χ4v) is 15.2. The molecule has 7 aromatic rings. The number of aliphatic hydroxyl groups excluding tert-OH is 1. The molecule has 2 amide bonds. The van der Waals surface area contributed by atoms with Crippen LogP contribution in [0.5, 0.6) is 11.8 Å². The number of hydrogen-bond acceptors (Lipinski definition) is 16. The Balaban J connectivity index is 0.669. The Kier molecular flexibility index (Phi) is 14.9. The molecule has 0 spiro atoms. The molecule has 6 aliphatic rings. The van der Waals surface area contributed by atoms with E-state index in [9.17, 15) is 19.8 Å². The van der Waals surface area contributed by atoms with Crippen molar-refractivity contribution in [3.05, 3.63) is 113 Å². The van der Waals surface area contributed by atoms with Gasteiger partial charge in [0, 0.05) is 93.1 Å². The Morgan fingerprint density at radius 2 is 1.81 bits per heavy atom. The van der Waals surface area contributed by atoms with Gasteiger partial charge in [-0.1, -0.05) is 67.5 Å². The second kappa shape index (κ2) is 22.5. The molecule has 2 bridgehead atoms. The largest absolute Gasteiger partial charge is 0.508 e. The molecule has 2 unspecified atom stereocenters. The number of piperazine rings is 1. The van der Waals surface area contributed by atoms with Gasteiger partial charge in [0.25, 0.3) is 0 Å². The number of amides is 2. The monoisotopic (exact) mass is 1160 g/mol. The number of anilines is 1. The van der Waals surface area contributed by atoms with Crippen molar-refractivity contribution < 1.29 is 33.3 Å². The van der Waals surface area contributed by atoms with Crippen LogP contribution in [0.1, 0.15) is 99.7 Å². The molecule has 0 radical (unpaired) electrons. The Bertz CT molecular complexity index is 3740. The van der Waals surface area contributed by atoms with Crippen molar-refractivity contribution in [3.63, 3.8) is 0 Å². The van der Waals surface area contributed by atoms with Crippen LogP contribution in [0, 0.1) is 36.8 Å². The molecule has 21 heteroatoms. The number of carbonyl (C=O) groups excluding carboxylic acids is 2. The highest BCUT2D eigenvalue weighted by Gasteiger charge is 2.52. The number of aliphatic hydroxyl groups is 1. The molecule has 84 heavy (non-hydrogen) atoms. The van der Waals surface area contributed by atoms with Crippen LogP contribution in [0.15, 0.2) is 78.6 Å². The molecule has 18 nitrogen and oxygen atoms in total. The number of aryl methyl sites for hydroxylation is 1. The standard InChI is InChI=1S/C63H69F2N13O5S/c1-6-47-50(64)14-11-41-21-45(79)22-48(53(41)47)55-54(65)56-49(26-66-55)59(75-28-42-12-13-43(29-75)69-42)71-62(70-56)83-33-63-18-15-44(77(63)27-36(4)24-63)30-74-19-16-39(17-20-74)51-32-78(73-72-51)57(35(2)3)61(82)76-31-46(80)23-52(76)60(81)67-25-38-7-9-40(10-8-38)58-37(5)68-34-84-58/h1,7-11,14,21-22,26,32,34-35,39,42-44,46,52,57,69,79-80H,4,12-13,15-20,23-25,27-31,33H2,2-3,5H3,(H,67,81)/t42?,43?,44-,46+,52-,57-,63-/m0/s1. The summed E-state index contributed by atoms with van der Waals surface area (Å²) in [4.78, 5) is 56.8.